The Hall–Kier alpha value is -0.740. The predicted molar refractivity (Wildman–Crippen MR) is 86.5 cm³/mol. The Balaban J connectivity index is 0.00000200. The van der Waals surface area contributed by atoms with Crippen LogP contribution in [0.1, 0.15) is 18.4 Å². The molecule has 6 heteroatoms. The van der Waals surface area contributed by atoms with E-state index in [1.807, 2.05) is 6.07 Å². The minimum absolute atomic E-state index is 0. The molecule has 1 saturated heterocycles. The smallest absolute Gasteiger partial charge is 0.246 e. The fraction of sp³-hybridized carbons (Fsp3) is 0.357. The monoisotopic (exact) mass is 334 g/mol. The molecule has 1 aliphatic heterocycles. The number of nitrogens with zero attached hydrogens (tertiary/aromatic N) is 1. The lowest BCUT2D eigenvalue weighted by atomic mass is 10.1. The van der Waals surface area contributed by atoms with Crippen LogP contribution in [-0.4, -0.2) is 29.9 Å². The molecular weight excluding hydrogens is 319 g/mol. The standard InChI is InChI=1S/C14H16Cl2N2O.ClH/c15-12-3-1-2-10(14(12)16)4-5-13(19)18-8-6-11(17)7-9-18;/h1-5,11H,6-9,17H2;1H/b5-4+;. The second-order valence-electron chi connectivity index (χ2n) is 4.64. The van der Waals surface area contributed by atoms with Crippen molar-refractivity contribution in [1.29, 1.82) is 0 Å². The number of carbonyl (C=O) groups excluding carboxylic acids is 1. The summed E-state index contributed by atoms with van der Waals surface area (Å²) in [4.78, 5) is 13.8. The van der Waals surface area contributed by atoms with Crippen LogP contribution in [0.25, 0.3) is 6.08 Å². The number of piperidine rings is 1. The van der Waals surface area contributed by atoms with Gasteiger partial charge in [-0.3, -0.25) is 4.79 Å². The van der Waals surface area contributed by atoms with Crippen LogP contribution in [0.15, 0.2) is 24.3 Å². The number of hydrogen-bond donors (Lipinski definition) is 1. The second kappa shape index (κ2) is 7.89. The summed E-state index contributed by atoms with van der Waals surface area (Å²) in [5, 5.41) is 0.953. The van der Waals surface area contributed by atoms with E-state index in [1.54, 1.807) is 23.1 Å². The first-order valence-electron chi connectivity index (χ1n) is 6.24. The summed E-state index contributed by atoms with van der Waals surface area (Å²) in [5.74, 6) is -0.0112. The molecule has 20 heavy (non-hydrogen) atoms. The molecule has 1 heterocycles. The van der Waals surface area contributed by atoms with Gasteiger partial charge in [-0.2, -0.15) is 0 Å². The van der Waals surface area contributed by atoms with E-state index in [2.05, 4.69) is 0 Å². The van der Waals surface area contributed by atoms with Gasteiger partial charge in [0, 0.05) is 25.2 Å². The van der Waals surface area contributed by atoms with Crippen molar-refractivity contribution in [3.8, 4) is 0 Å². The maximum absolute atomic E-state index is 12.0. The van der Waals surface area contributed by atoms with Gasteiger partial charge in [-0.25, -0.2) is 0 Å². The third-order valence-corrected chi connectivity index (χ3v) is 4.07. The number of rotatable bonds is 2. The molecule has 1 fully saturated rings. The topological polar surface area (TPSA) is 46.3 Å². The van der Waals surface area contributed by atoms with Crippen LogP contribution < -0.4 is 5.73 Å². The summed E-state index contributed by atoms with van der Waals surface area (Å²) in [6, 6.07) is 5.56. The van der Waals surface area contributed by atoms with Crippen LogP contribution >= 0.6 is 35.6 Å². The van der Waals surface area contributed by atoms with Crippen molar-refractivity contribution in [2.45, 2.75) is 18.9 Å². The van der Waals surface area contributed by atoms with E-state index in [-0.39, 0.29) is 24.4 Å². The summed E-state index contributed by atoms with van der Waals surface area (Å²) in [6.45, 7) is 1.43. The maximum Gasteiger partial charge on any atom is 0.246 e. The van der Waals surface area contributed by atoms with E-state index < -0.39 is 0 Å². The SMILES string of the molecule is Cl.NC1CCN(C(=O)/C=C/c2cccc(Cl)c2Cl)CC1. The Morgan fingerprint density at radius 1 is 1.30 bits per heavy atom. The molecule has 0 aliphatic carbocycles. The van der Waals surface area contributed by atoms with Gasteiger partial charge in [-0.05, 0) is 30.5 Å². The summed E-state index contributed by atoms with van der Waals surface area (Å²) in [5.41, 5.74) is 6.56. The van der Waals surface area contributed by atoms with Crippen LogP contribution in [0.5, 0.6) is 0 Å². The number of likely N-dealkylation sites (tertiary alicyclic amines) is 1. The lowest BCUT2D eigenvalue weighted by Gasteiger charge is -2.29. The van der Waals surface area contributed by atoms with Gasteiger partial charge in [0.25, 0.3) is 0 Å². The molecule has 0 spiro atoms. The highest BCUT2D eigenvalue weighted by Crippen LogP contribution is 2.26. The summed E-state index contributed by atoms with van der Waals surface area (Å²) < 4.78 is 0. The van der Waals surface area contributed by atoms with Gasteiger partial charge < -0.3 is 10.6 Å². The number of nitrogens with two attached hydrogens (primary N) is 1. The van der Waals surface area contributed by atoms with Crippen molar-refractivity contribution in [3.63, 3.8) is 0 Å². The van der Waals surface area contributed by atoms with Gasteiger partial charge >= 0.3 is 0 Å². The summed E-state index contributed by atoms with van der Waals surface area (Å²) in [6.07, 6.45) is 4.95. The van der Waals surface area contributed by atoms with Crippen molar-refractivity contribution in [2.24, 2.45) is 5.73 Å². The van der Waals surface area contributed by atoms with Crippen LogP contribution in [0.2, 0.25) is 10.0 Å². The molecule has 1 aliphatic rings. The van der Waals surface area contributed by atoms with Crippen molar-refractivity contribution < 1.29 is 4.79 Å². The Labute approximate surface area is 135 Å². The normalized spacial score (nSPS) is 16.2. The van der Waals surface area contributed by atoms with E-state index >= 15 is 0 Å². The molecule has 0 bridgehead atoms. The predicted octanol–water partition coefficient (Wildman–Crippen LogP) is 3.38. The molecule has 2 rings (SSSR count). The summed E-state index contributed by atoms with van der Waals surface area (Å²) in [7, 11) is 0. The van der Waals surface area contributed by atoms with E-state index in [0.29, 0.717) is 23.1 Å². The lowest BCUT2D eigenvalue weighted by Crippen LogP contribution is -2.42. The first-order valence-corrected chi connectivity index (χ1v) is 7.00. The molecule has 1 aromatic carbocycles. The first kappa shape index (κ1) is 17.3. The molecule has 1 aromatic rings. The van der Waals surface area contributed by atoms with Gasteiger partial charge in [0.15, 0.2) is 0 Å². The van der Waals surface area contributed by atoms with Crippen molar-refractivity contribution in [2.75, 3.05) is 13.1 Å². The van der Waals surface area contributed by atoms with Crippen molar-refractivity contribution >= 4 is 47.6 Å². The number of carbonyl (C=O) groups is 1. The van der Waals surface area contributed by atoms with Crippen LogP contribution in [0.4, 0.5) is 0 Å². The Morgan fingerprint density at radius 3 is 2.60 bits per heavy atom. The van der Waals surface area contributed by atoms with Crippen LogP contribution in [0.3, 0.4) is 0 Å². The quantitative estimate of drug-likeness (QED) is 0.842. The fourth-order valence-electron chi connectivity index (χ4n) is 2.04. The molecular formula is C14H17Cl3N2O. The molecule has 110 valence electrons. The second-order valence-corrected chi connectivity index (χ2v) is 5.42. The minimum atomic E-state index is -0.0112. The van der Waals surface area contributed by atoms with Crippen LogP contribution in [0, 0.1) is 0 Å². The van der Waals surface area contributed by atoms with Gasteiger partial charge in [-0.1, -0.05) is 35.3 Å². The first-order chi connectivity index (χ1) is 9.08. The highest BCUT2D eigenvalue weighted by atomic mass is 35.5. The Morgan fingerprint density at radius 2 is 1.95 bits per heavy atom. The fourth-order valence-corrected chi connectivity index (χ4v) is 2.41. The third-order valence-electron chi connectivity index (χ3n) is 3.24. The molecule has 0 unspecified atom stereocenters. The lowest BCUT2D eigenvalue weighted by molar-refractivity contribution is -0.126. The maximum atomic E-state index is 12.0. The average Bonchev–Trinajstić information content (AvgIpc) is 2.41. The Bertz CT molecular complexity index is 497. The molecule has 3 nitrogen and oxygen atoms in total. The Kier molecular flexibility index (Phi) is 6.83. The van der Waals surface area contributed by atoms with E-state index in [1.165, 1.54) is 6.08 Å². The molecule has 0 radical (unpaired) electrons. The molecule has 0 saturated carbocycles. The molecule has 0 aromatic heterocycles. The number of halogens is 3. The van der Waals surface area contributed by atoms with E-state index in [4.69, 9.17) is 28.9 Å². The van der Waals surface area contributed by atoms with Gasteiger partial charge in [0.2, 0.25) is 5.91 Å². The largest absolute Gasteiger partial charge is 0.339 e. The van der Waals surface area contributed by atoms with Gasteiger partial charge in [0.05, 0.1) is 10.0 Å². The minimum Gasteiger partial charge on any atom is -0.339 e. The number of benzene rings is 1. The molecule has 2 N–H and O–H groups in total. The number of hydrogen-bond acceptors (Lipinski definition) is 2. The number of amides is 1. The zero-order valence-electron chi connectivity index (χ0n) is 10.9. The van der Waals surface area contributed by atoms with E-state index in [0.717, 1.165) is 18.4 Å². The molecule has 0 atom stereocenters. The molecule has 1 amide bonds. The third kappa shape index (κ3) is 4.38. The summed E-state index contributed by atoms with van der Waals surface area (Å²) >= 11 is 12.0. The van der Waals surface area contributed by atoms with E-state index in [9.17, 15) is 4.79 Å². The van der Waals surface area contributed by atoms with Gasteiger partial charge in [-0.15, -0.1) is 12.4 Å². The highest BCUT2D eigenvalue weighted by Gasteiger charge is 2.18. The van der Waals surface area contributed by atoms with Gasteiger partial charge in [0.1, 0.15) is 0 Å². The van der Waals surface area contributed by atoms with Crippen molar-refractivity contribution in [1.82, 2.24) is 4.90 Å². The van der Waals surface area contributed by atoms with Crippen LogP contribution in [-0.2, 0) is 4.79 Å². The van der Waals surface area contributed by atoms with Crippen molar-refractivity contribution in [3.05, 3.63) is 39.9 Å². The average molecular weight is 336 g/mol. The highest BCUT2D eigenvalue weighted by molar-refractivity contribution is 6.42. The zero-order chi connectivity index (χ0) is 13.8. The zero-order valence-corrected chi connectivity index (χ0v) is 13.2.